The van der Waals surface area contributed by atoms with Crippen molar-refractivity contribution in [1.29, 1.82) is 5.26 Å². The Labute approximate surface area is 228 Å². The molecule has 3 aromatic rings. The van der Waals surface area contributed by atoms with Crippen molar-refractivity contribution >= 4 is 51.6 Å². The first-order chi connectivity index (χ1) is 18.1. The molecule has 1 N–H and O–H groups in total. The Hall–Kier alpha value is -3.74. The number of aromatic nitrogens is 2. The van der Waals surface area contributed by atoms with Crippen LogP contribution in [0.1, 0.15) is 16.8 Å². The molecular weight excluding hydrogens is 599 g/mol. The highest BCUT2D eigenvalue weighted by molar-refractivity contribution is 7.86. The van der Waals surface area contributed by atoms with Gasteiger partial charge in [0.25, 0.3) is 0 Å². The summed E-state index contributed by atoms with van der Waals surface area (Å²) in [5, 5.41) is 11.5. The molecule has 0 spiro atoms. The molecule has 1 amide bonds. The lowest BCUT2D eigenvalue weighted by Crippen LogP contribution is -2.34. The van der Waals surface area contributed by atoms with Crippen molar-refractivity contribution < 1.29 is 40.2 Å². The molecule has 8 nitrogen and oxygen atoms in total. The Morgan fingerprint density at radius 1 is 1.15 bits per heavy atom. The standard InChI is InChI=1S/C22H13Cl2F6N5O3S/c1-11(12-6-4-3-5-7-12)33-38-20(36)34(2)19-18(39(37)22(28,29)30)16(10-31)32-35(19)17-14(23)8-13(9-15(17)24)21(25,26)27/h3-9,33H,1H2,2H3. The van der Waals surface area contributed by atoms with Gasteiger partial charge in [-0.15, -0.1) is 0 Å². The fourth-order valence-electron chi connectivity index (χ4n) is 3.09. The maximum Gasteiger partial charge on any atom is 0.476 e. The molecule has 0 bridgehead atoms. The van der Waals surface area contributed by atoms with E-state index in [1.54, 1.807) is 30.3 Å². The van der Waals surface area contributed by atoms with E-state index in [4.69, 9.17) is 28.0 Å². The molecule has 0 aliphatic heterocycles. The fraction of sp³-hybridized carbons (Fsp3) is 0.136. The van der Waals surface area contributed by atoms with E-state index < -0.39 is 66.3 Å². The van der Waals surface area contributed by atoms with Gasteiger partial charge in [-0.3, -0.25) is 4.90 Å². The molecule has 1 heterocycles. The Morgan fingerprint density at radius 2 is 1.72 bits per heavy atom. The summed E-state index contributed by atoms with van der Waals surface area (Å²) >= 11 is 12.0. The van der Waals surface area contributed by atoms with Crippen LogP contribution in [0.5, 0.6) is 0 Å². The lowest BCUT2D eigenvalue weighted by molar-refractivity contribution is -0.137. The predicted molar refractivity (Wildman–Crippen MR) is 129 cm³/mol. The first-order valence-corrected chi connectivity index (χ1v) is 12.0. The molecule has 1 unspecified atom stereocenters. The highest BCUT2D eigenvalue weighted by atomic mass is 35.5. The SMILES string of the molecule is C=C(NOC(=O)N(C)c1c(S(=O)C(F)(F)F)c(C#N)nn1-c1c(Cl)cc(C(F)(F)F)cc1Cl)c1ccccc1. The minimum Gasteiger partial charge on any atom is -0.324 e. The van der Waals surface area contributed by atoms with Gasteiger partial charge in [-0.25, -0.2) is 19.2 Å². The van der Waals surface area contributed by atoms with Gasteiger partial charge in [0, 0.05) is 12.6 Å². The molecule has 0 fully saturated rings. The Kier molecular flexibility index (Phi) is 8.53. The summed E-state index contributed by atoms with van der Waals surface area (Å²) in [4.78, 5) is 16.8. The van der Waals surface area contributed by atoms with Crippen LogP contribution in [0, 0.1) is 11.3 Å². The van der Waals surface area contributed by atoms with Crippen molar-refractivity contribution in [2.75, 3.05) is 11.9 Å². The van der Waals surface area contributed by atoms with E-state index in [2.05, 4.69) is 17.2 Å². The number of benzene rings is 2. The fourth-order valence-corrected chi connectivity index (χ4v) is 4.62. The maximum atomic E-state index is 13.5. The second-order valence-corrected chi connectivity index (χ2v) is 9.62. The first-order valence-electron chi connectivity index (χ1n) is 10.1. The Morgan fingerprint density at radius 3 is 2.21 bits per heavy atom. The number of anilines is 1. The van der Waals surface area contributed by atoms with Gasteiger partial charge < -0.3 is 4.84 Å². The van der Waals surface area contributed by atoms with Crippen molar-refractivity contribution in [1.82, 2.24) is 15.3 Å². The number of carbonyl (C=O) groups is 1. The van der Waals surface area contributed by atoms with Crippen LogP contribution in [0.3, 0.4) is 0 Å². The molecule has 206 valence electrons. The summed E-state index contributed by atoms with van der Waals surface area (Å²) in [6.07, 6.45) is -6.32. The number of hydrogen-bond acceptors (Lipinski definition) is 6. The van der Waals surface area contributed by atoms with Crippen LogP contribution < -0.4 is 10.4 Å². The number of alkyl halides is 6. The monoisotopic (exact) mass is 611 g/mol. The van der Waals surface area contributed by atoms with E-state index in [0.717, 1.165) is 7.05 Å². The molecule has 0 saturated carbocycles. The van der Waals surface area contributed by atoms with Gasteiger partial charge in [0.1, 0.15) is 16.7 Å². The van der Waals surface area contributed by atoms with Crippen molar-refractivity contribution in [2.24, 2.45) is 0 Å². The number of halogens is 8. The van der Waals surface area contributed by atoms with Crippen molar-refractivity contribution in [3.63, 3.8) is 0 Å². The third-order valence-electron chi connectivity index (χ3n) is 4.85. The van der Waals surface area contributed by atoms with Gasteiger partial charge in [0.15, 0.2) is 22.3 Å². The van der Waals surface area contributed by atoms with E-state index in [-0.39, 0.29) is 5.70 Å². The summed E-state index contributed by atoms with van der Waals surface area (Å²) in [7, 11) is -3.08. The van der Waals surface area contributed by atoms with Crippen molar-refractivity contribution in [3.8, 4) is 11.8 Å². The third kappa shape index (κ3) is 6.29. The summed E-state index contributed by atoms with van der Waals surface area (Å²) in [6, 6.07) is 10.3. The summed E-state index contributed by atoms with van der Waals surface area (Å²) in [6.45, 7) is 3.65. The zero-order chi connectivity index (χ0) is 29.3. The molecule has 1 aromatic heterocycles. The molecule has 0 aliphatic carbocycles. The van der Waals surface area contributed by atoms with Crippen LogP contribution in [-0.4, -0.2) is 32.6 Å². The molecule has 0 saturated heterocycles. The van der Waals surface area contributed by atoms with Crippen LogP contribution >= 0.6 is 23.2 Å². The van der Waals surface area contributed by atoms with Crippen LogP contribution in [0.2, 0.25) is 10.0 Å². The zero-order valence-corrected chi connectivity index (χ0v) is 21.5. The molecule has 0 radical (unpaired) electrons. The predicted octanol–water partition coefficient (Wildman–Crippen LogP) is 6.45. The number of nitrogens with one attached hydrogen (secondary N) is 1. The van der Waals surface area contributed by atoms with Crippen LogP contribution in [-0.2, 0) is 21.8 Å². The topological polar surface area (TPSA) is 100 Å². The average molecular weight is 612 g/mol. The normalized spacial score (nSPS) is 12.4. The number of carbonyl (C=O) groups excluding carboxylic acids is 1. The number of nitrogens with zero attached hydrogens (tertiary/aromatic N) is 4. The number of nitriles is 1. The van der Waals surface area contributed by atoms with E-state index in [1.807, 2.05) is 0 Å². The summed E-state index contributed by atoms with van der Waals surface area (Å²) < 4.78 is 92.9. The van der Waals surface area contributed by atoms with Crippen molar-refractivity contribution in [2.45, 2.75) is 16.6 Å². The molecule has 3 rings (SSSR count). The van der Waals surface area contributed by atoms with Gasteiger partial charge >= 0.3 is 17.8 Å². The van der Waals surface area contributed by atoms with Gasteiger partial charge in [-0.1, -0.05) is 60.1 Å². The van der Waals surface area contributed by atoms with Crippen LogP contribution in [0.25, 0.3) is 11.4 Å². The zero-order valence-electron chi connectivity index (χ0n) is 19.2. The molecular formula is C22H13Cl2F6N5O3S. The van der Waals surface area contributed by atoms with E-state index >= 15 is 0 Å². The number of hydroxylamine groups is 1. The highest BCUT2D eigenvalue weighted by Gasteiger charge is 2.45. The van der Waals surface area contributed by atoms with E-state index in [0.29, 0.717) is 27.3 Å². The lowest BCUT2D eigenvalue weighted by atomic mass is 10.2. The van der Waals surface area contributed by atoms with E-state index in [9.17, 15) is 40.6 Å². The molecule has 1 atom stereocenters. The van der Waals surface area contributed by atoms with Gasteiger partial charge in [-0.2, -0.15) is 36.7 Å². The van der Waals surface area contributed by atoms with Gasteiger partial charge in [-0.05, 0) is 12.1 Å². The third-order valence-corrected chi connectivity index (χ3v) is 6.60. The molecule has 2 aromatic carbocycles. The average Bonchev–Trinajstić information content (AvgIpc) is 3.23. The summed E-state index contributed by atoms with van der Waals surface area (Å²) in [5.41, 5.74) is -5.70. The quantitative estimate of drug-likeness (QED) is 0.254. The molecule has 17 heteroatoms. The van der Waals surface area contributed by atoms with Crippen molar-refractivity contribution in [3.05, 3.63) is 75.9 Å². The largest absolute Gasteiger partial charge is 0.476 e. The van der Waals surface area contributed by atoms with Crippen LogP contribution in [0.15, 0.2) is 53.9 Å². The molecule has 39 heavy (non-hydrogen) atoms. The van der Waals surface area contributed by atoms with Gasteiger partial charge in [0.2, 0.25) is 0 Å². The Balaban J connectivity index is 2.16. The summed E-state index contributed by atoms with van der Waals surface area (Å²) in [5.74, 6) is -0.970. The number of rotatable bonds is 6. The van der Waals surface area contributed by atoms with E-state index in [1.165, 1.54) is 6.07 Å². The number of amides is 1. The Bertz CT molecular complexity index is 1480. The van der Waals surface area contributed by atoms with Crippen LogP contribution in [0.4, 0.5) is 37.0 Å². The molecule has 0 aliphatic rings. The second kappa shape index (κ2) is 11.2. The first kappa shape index (κ1) is 29.8. The second-order valence-electron chi connectivity index (χ2n) is 7.40. The smallest absolute Gasteiger partial charge is 0.324 e. The lowest BCUT2D eigenvalue weighted by Gasteiger charge is -2.21. The number of hydrogen-bond donors (Lipinski definition) is 1. The minimum atomic E-state index is -5.44. The maximum absolute atomic E-state index is 13.5. The highest BCUT2D eigenvalue weighted by Crippen LogP contribution is 2.42. The van der Waals surface area contributed by atoms with Gasteiger partial charge in [0.05, 0.1) is 21.3 Å². The minimum absolute atomic E-state index is 0.0662.